The van der Waals surface area contributed by atoms with Gasteiger partial charge in [0.1, 0.15) is 0 Å². The number of hydrogen-bond acceptors (Lipinski definition) is 1. The first-order chi connectivity index (χ1) is 9.10. The molecule has 19 heavy (non-hydrogen) atoms. The summed E-state index contributed by atoms with van der Waals surface area (Å²) >= 11 is 0. The summed E-state index contributed by atoms with van der Waals surface area (Å²) in [6.07, 6.45) is 0.608. The van der Waals surface area contributed by atoms with E-state index in [0.717, 1.165) is 17.2 Å². The molecule has 1 atom stereocenters. The average molecular weight is 261 g/mol. The highest BCUT2D eigenvalue weighted by Gasteiger charge is 2.12. The van der Waals surface area contributed by atoms with Crippen LogP contribution < -0.4 is 5.73 Å². The topological polar surface area (TPSA) is 26.0 Å². The van der Waals surface area contributed by atoms with Crippen LogP contribution >= 0.6 is 0 Å². The van der Waals surface area contributed by atoms with E-state index in [1.807, 2.05) is 31.2 Å². The summed E-state index contributed by atoms with van der Waals surface area (Å²) in [6.45, 7) is 2.50. The molecule has 0 saturated carbocycles. The third-order valence-corrected chi connectivity index (χ3v) is 3.30. The highest BCUT2D eigenvalue weighted by atomic mass is 19.2. The lowest BCUT2D eigenvalue weighted by Gasteiger charge is -2.15. The Kier molecular flexibility index (Phi) is 4.27. The van der Waals surface area contributed by atoms with Crippen molar-refractivity contribution < 1.29 is 8.78 Å². The Hall–Kier alpha value is -1.74. The van der Waals surface area contributed by atoms with Gasteiger partial charge in [-0.15, -0.1) is 0 Å². The molecule has 0 amide bonds. The van der Waals surface area contributed by atoms with E-state index in [-0.39, 0.29) is 5.92 Å². The molecule has 100 valence electrons. The van der Waals surface area contributed by atoms with Crippen LogP contribution in [-0.2, 0) is 6.42 Å². The van der Waals surface area contributed by atoms with Gasteiger partial charge in [0.2, 0.25) is 0 Å². The van der Waals surface area contributed by atoms with Crippen molar-refractivity contribution in [3.05, 3.63) is 70.8 Å². The third-order valence-electron chi connectivity index (χ3n) is 3.30. The second-order valence-corrected chi connectivity index (χ2v) is 4.80. The van der Waals surface area contributed by atoms with E-state index >= 15 is 0 Å². The number of rotatable bonds is 4. The van der Waals surface area contributed by atoms with Crippen LogP contribution in [0.3, 0.4) is 0 Å². The zero-order valence-electron chi connectivity index (χ0n) is 10.9. The summed E-state index contributed by atoms with van der Waals surface area (Å²) in [6, 6.07) is 12.1. The van der Waals surface area contributed by atoms with Gasteiger partial charge in [-0.1, -0.05) is 35.9 Å². The molecule has 0 spiro atoms. The Morgan fingerprint density at radius 2 is 1.68 bits per heavy atom. The fraction of sp³-hybridized carbons (Fsp3) is 0.250. The lowest BCUT2D eigenvalue weighted by molar-refractivity contribution is 0.506. The number of benzene rings is 2. The molecule has 0 saturated heterocycles. The first-order valence-corrected chi connectivity index (χ1v) is 6.30. The Morgan fingerprint density at radius 3 is 2.26 bits per heavy atom. The second kappa shape index (κ2) is 5.93. The predicted octanol–water partition coefficient (Wildman–Crippen LogP) is 3.56. The van der Waals surface area contributed by atoms with E-state index in [1.54, 1.807) is 6.07 Å². The van der Waals surface area contributed by atoms with E-state index < -0.39 is 11.6 Å². The Balaban J connectivity index is 2.18. The maximum absolute atomic E-state index is 13.2. The lowest BCUT2D eigenvalue weighted by atomic mass is 9.91. The molecule has 0 heterocycles. The normalized spacial score (nSPS) is 12.4. The fourth-order valence-electron chi connectivity index (χ4n) is 2.13. The Labute approximate surface area is 112 Å². The van der Waals surface area contributed by atoms with Gasteiger partial charge in [0.25, 0.3) is 0 Å². The van der Waals surface area contributed by atoms with Crippen molar-refractivity contribution in [2.75, 3.05) is 6.54 Å². The average Bonchev–Trinajstić information content (AvgIpc) is 2.41. The molecule has 0 aromatic heterocycles. The van der Waals surface area contributed by atoms with Gasteiger partial charge >= 0.3 is 0 Å². The van der Waals surface area contributed by atoms with Crippen LogP contribution in [0.5, 0.6) is 0 Å². The van der Waals surface area contributed by atoms with E-state index in [0.29, 0.717) is 13.0 Å². The molecular formula is C16H17F2N. The predicted molar refractivity (Wildman–Crippen MR) is 73.0 cm³/mol. The minimum absolute atomic E-state index is 0.116. The van der Waals surface area contributed by atoms with Crippen molar-refractivity contribution in [1.82, 2.24) is 0 Å². The highest BCUT2D eigenvalue weighted by molar-refractivity contribution is 5.28. The van der Waals surface area contributed by atoms with E-state index in [2.05, 4.69) is 0 Å². The van der Waals surface area contributed by atoms with Gasteiger partial charge in [-0.2, -0.15) is 0 Å². The third kappa shape index (κ3) is 3.38. The van der Waals surface area contributed by atoms with Gasteiger partial charge in [-0.25, -0.2) is 8.78 Å². The lowest BCUT2D eigenvalue weighted by Crippen LogP contribution is -2.15. The van der Waals surface area contributed by atoms with Crippen molar-refractivity contribution in [1.29, 1.82) is 0 Å². The van der Waals surface area contributed by atoms with Crippen molar-refractivity contribution in [2.24, 2.45) is 5.73 Å². The molecule has 2 rings (SSSR count). The maximum Gasteiger partial charge on any atom is 0.159 e. The zero-order valence-corrected chi connectivity index (χ0v) is 10.9. The largest absolute Gasteiger partial charge is 0.330 e. The van der Waals surface area contributed by atoms with E-state index in [1.165, 1.54) is 11.6 Å². The Morgan fingerprint density at radius 1 is 1.00 bits per heavy atom. The van der Waals surface area contributed by atoms with Crippen LogP contribution in [0.2, 0.25) is 0 Å². The van der Waals surface area contributed by atoms with Crippen molar-refractivity contribution in [2.45, 2.75) is 19.3 Å². The minimum atomic E-state index is -0.816. The molecule has 0 fully saturated rings. The van der Waals surface area contributed by atoms with Crippen LogP contribution in [0.25, 0.3) is 0 Å². The number of hydrogen-bond donors (Lipinski definition) is 1. The van der Waals surface area contributed by atoms with Crippen LogP contribution in [0.1, 0.15) is 22.6 Å². The molecule has 0 bridgehead atoms. The summed E-state index contributed by atoms with van der Waals surface area (Å²) in [5.74, 6) is -1.51. The van der Waals surface area contributed by atoms with Crippen LogP contribution in [0.4, 0.5) is 8.78 Å². The zero-order chi connectivity index (χ0) is 13.8. The summed E-state index contributed by atoms with van der Waals surface area (Å²) in [5.41, 5.74) is 8.86. The van der Waals surface area contributed by atoms with Gasteiger partial charge in [-0.05, 0) is 43.1 Å². The molecule has 0 aliphatic heterocycles. The first kappa shape index (κ1) is 13.7. The van der Waals surface area contributed by atoms with Crippen molar-refractivity contribution in [3.8, 4) is 0 Å². The maximum atomic E-state index is 13.2. The summed E-state index contributed by atoms with van der Waals surface area (Å²) in [4.78, 5) is 0. The molecule has 3 heteroatoms. The minimum Gasteiger partial charge on any atom is -0.330 e. The van der Waals surface area contributed by atoms with Gasteiger partial charge in [0.15, 0.2) is 11.6 Å². The van der Waals surface area contributed by atoms with Gasteiger partial charge in [0.05, 0.1) is 0 Å². The Bertz CT molecular complexity index is 549. The van der Waals surface area contributed by atoms with Crippen molar-refractivity contribution in [3.63, 3.8) is 0 Å². The van der Waals surface area contributed by atoms with E-state index in [4.69, 9.17) is 5.73 Å². The quantitative estimate of drug-likeness (QED) is 0.894. The number of halogens is 2. The molecule has 0 radical (unpaired) electrons. The first-order valence-electron chi connectivity index (χ1n) is 6.30. The molecular weight excluding hydrogens is 244 g/mol. The molecule has 0 aliphatic rings. The molecule has 2 N–H and O–H groups in total. The number of nitrogens with two attached hydrogens (primary N) is 1. The van der Waals surface area contributed by atoms with Crippen LogP contribution in [-0.4, -0.2) is 6.54 Å². The molecule has 1 unspecified atom stereocenters. The van der Waals surface area contributed by atoms with Gasteiger partial charge in [-0.3, -0.25) is 0 Å². The monoisotopic (exact) mass is 261 g/mol. The second-order valence-electron chi connectivity index (χ2n) is 4.80. The molecule has 2 aromatic carbocycles. The highest BCUT2D eigenvalue weighted by Crippen LogP contribution is 2.21. The standard InChI is InChI=1S/C16H17F2N/c1-11-2-5-13(6-3-11)14(10-19)8-12-4-7-15(17)16(18)9-12/h2-7,9,14H,8,10,19H2,1H3. The summed E-state index contributed by atoms with van der Waals surface area (Å²) in [5, 5.41) is 0. The SMILES string of the molecule is Cc1ccc(C(CN)Cc2ccc(F)c(F)c2)cc1. The van der Waals surface area contributed by atoms with Gasteiger partial charge in [0, 0.05) is 5.92 Å². The molecule has 0 aliphatic carbocycles. The van der Waals surface area contributed by atoms with Crippen molar-refractivity contribution >= 4 is 0 Å². The van der Waals surface area contributed by atoms with Crippen LogP contribution in [0.15, 0.2) is 42.5 Å². The molecule has 2 aromatic rings. The summed E-state index contributed by atoms with van der Waals surface area (Å²) < 4.78 is 26.1. The molecule has 1 nitrogen and oxygen atoms in total. The summed E-state index contributed by atoms with van der Waals surface area (Å²) in [7, 11) is 0. The smallest absolute Gasteiger partial charge is 0.159 e. The number of aryl methyl sites for hydroxylation is 1. The fourth-order valence-corrected chi connectivity index (χ4v) is 2.13. The van der Waals surface area contributed by atoms with E-state index in [9.17, 15) is 8.78 Å². The van der Waals surface area contributed by atoms with Crippen LogP contribution in [0, 0.1) is 18.6 Å². The van der Waals surface area contributed by atoms with Gasteiger partial charge < -0.3 is 5.73 Å².